The number of aromatic nitrogens is 8. The van der Waals surface area contributed by atoms with E-state index in [1.54, 1.807) is 0 Å². The van der Waals surface area contributed by atoms with Crippen LogP contribution in [0.2, 0.25) is 0 Å². The fourth-order valence-electron chi connectivity index (χ4n) is 19.6. The first-order chi connectivity index (χ1) is 61.0. The number of nitrogens with zero attached hydrogens (tertiary/aromatic N) is 10. The number of pyridine rings is 1. The summed E-state index contributed by atoms with van der Waals surface area (Å²) in [6.45, 7) is 9.36. The fourth-order valence-corrected chi connectivity index (χ4v) is 19.6. The van der Waals surface area contributed by atoms with Crippen LogP contribution in [0, 0.1) is 0 Å². The molecule has 0 unspecified atom stereocenters. The van der Waals surface area contributed by atoms with Crippen LogP contribution in [-0.4, -0.2) is 38.2 Å². The maximum atomic E-state index is 4.62. The Morgan fingerprint density at radius 2 is 0.597 bits per heavy atom. The molecule has 10 nitrogen and oxygen atoms in total. The molecule has 0 fully saturated rings. The Hall–Kier alpha value is -16.0. The van der Waals surface area contributed by atoms with Crippen molar-refractivity contribution in [2.75, 3.05) is 9.80 Å². The average molecular weight is 1590 g/mol. The molecule has 22 aromatic rings. The smallest absolute Gasteiger partial charge is 0.162 e. The van der Waals surface area contributed by atoms with Gasteiger partial charge in [-0.3, -0.25) is 4.98 Å². The van der Waals surface area contributed by atoms with Crippen LogP contribution in [0.15, 0.2) is 426 Å². The third-order valence-electron chi connectivity index (χ3n) is 25.8. The molecule has 0 atom stereocenters. The normalized spacial score (nSPS) is 12.8. The monoisotopic (exact) mass is 1590 g/mol. The summed E-state index contributed by atoms with van der Waals surface area (Å²) in [5, 5.41) is 7.35. The highest BCUT2D eigenvalue weighted by Gasteiger charge is 2.38. The lowest BCUT2D eigenvalue weighted by Crippen LogP contribution is -2.16. The number of para-hydroxylation sites is 4. The van der Waals surface area contributed by atoms with Crippen molar-refractivity contribution < 1.29 is 0 Å². The van der Waals surface area contributed by atoms with Crippen LogP contribution in [0.1, 0.15) is 49.9 Å². The second kappa shape index (κ2) is 29.4. The van der Waals surface area contributed by atoms with E-state index in [1.807, 2.05) is 18.3 Å². The molecule has 0 saturated carbocycles. The van der Waals surface area contributed by atoms with E-state index in [0.29, 0.717) is 5.82 Å². The molecule has 588 valence electrons. The maximum absolute atomic E-state index is 4.62. The Balaban J connectivity index is 0.000000143. The lowest BCUT2D eigenvalue weighted by Gasteiger charge is -2.28. The van der Waals surface area contributed by atoms with Crippen molar-refractivity contribution in [2.45, 2.75) is 38.5 Å². The van der Waals surface area contributed by atoms with Gasteiger partial charge in [-0.15, -0.1) is 0 Å². The lowest BCUT2D eigenvalue weighted by atomic mass is 9.82. The van der Waals surface area contributed by atoms with Crippen LogP contribution in [0.3, 0.4) is 0 Å². The maximum Gasteiger partial charge on any atom is 0.162 e. The van der Waals surface area contributed by atoms with Gasteiger partial charge >= 0.3 is 0 Å². The minimum Gasteiger partial charge on any atom is -0.316 e. The minimum absolute atomic E-state index is 0.111. The second-order valence-electron chi connectivity index (χ2n) is 33.5. The van der Waals surface area contributed by atoms with E-state index >= 15 is 0 Å². The van der Waals surface area contributed by atoms with E-state index in [1.165, 1.54) is 139 Å². The van der Waals surface area contributed by atoms with Gasteiger partial charge in [-0.2, -0.15) is 0 Å². The third kappa shape index (κ3) is 12.3. The predicted octanol–water partition coefficient (Wildman–Crippen LogP) is 29.3. The van der Waals surface area contributed by atoms with Gasteiger partial charge in [0.25, 0.3) is 0 Å². The van der Waals surface area contributed by atoms with Crippen molar-refractivity contribution >= 4 is 99.5 Å². The van der Waals surface area contributed by atoms with E-state index in [-0.39, 0.29) is 10.8 Å². The van der Waals surface area contributed by atoms with Gasteiger partial charge in [0.1, 0.15) is 12.7 Å². The molecule has 0 N–H and O–H groups in total. The molecular formula is C114H82N10. The zero-order chi connectivity index (χ0) is 82.7. The molecule has 10 heteroatoms. The summed E-state index contributed by atoms with van der Waals surface area (Å²) in [5.41, 5.74) is 36.3. The molecule has 16 aromatic carbocycles. The molecular weight excluding hydrogens is 1510 g/mol. The first-order valence-corrected chi connectivity index (χ1v) is 42.4. The summed E-state index contributed by atoms with van der Waals surface area (Å²) in [6, 6.07) is 143. The van der Waals surface area contributed by atoms with Gasteiger partial charge in [-0.05, 0) is 273 Å². The van der Waals surface area contributed by atoms with Gasteiger partial charge in [-0.25, -0.2) is 15.0 Å². The quantitative estimate of drug-likeness (QED) is 0.108. The topological polar surface area (TPSA) is 77.8 Å². The standard InChI is InChI=1S/C58H42N4.C56H40N6/c1-58(2)52-18-10-9-17-48(52)49-30-29-47(37-53(49)58)61(46-27-22-40(23-28-46)54-19-11-12-33-59-54)45-25-20-39(21-26-45)41-24-31-55-50(35-41)51-36-42-32-34-60(43-13-5-3-6-14-43)56(42)38-57(51)62(55)44-15-7-4-8-16-44;1-56(2)50-16-10-9-15-46(50)47-27-26-45(33-51(47)56)61(44-24-19-38(20-25-44)55-58-35-57-36-59-55)43-22-17-37(18-23-43)39-21-28-52-48(31-39)49-32-40-29-30-60(41-11-5-3-6-12-41)53(40)34-54(49)62(52)42-13-7-4-8-14-42/h3-38H,1-2H3;3-36H,1-2H3. The van der Waals surface area contributed by atoms with E-state index in [2.05, 4.69) is 470 Å². The summed E-state index contributed by atoms with van der Waals surface area (Å²) in [5.74, 6) is 0.651. The summed E-state index contributed by atoms with van der Waals surface area (Å²) in [4.78, 5) is 22.1. The van der Waals surface area contributed by atoms with Crippen molar-refractivity contribution in [3.63, 3.8) is 0 Å². The van der Waals surface area contributed by atoms with Crippen LogP contribution in [0.4, 0.5) is 34.1 Å². The SMILES string of the molecule is CC1(C)c2ccccc2-c2ccc(N(c3ccc(-c4ccc5c(c4)c4cc6ccn(-c7ccccc7)c6cc4n5-c4ccccc4)cc3)c3ccc(-c4ccccn4)cc3)cc21.CC1(C)c2ccccc2-c2ccc(N(c3ccc(-c4ccc5c(c4)c4cc6ccn(-c7ccccc7)c6cc4n5-c4ccccc4)cc3)c3ccc(-c4ncncn4)cc3)cc21. The second-order valence-corrected chi connectivity index (χ2v) is 33.5. The number of rotatable bonds is 14. The summed E-state index contributed by atoms with van der Waals surface area (Å²) in [7, 11) is 0. The number of hydrogen-bond acceptors (Lipinski definition) is 6. The minimum atomic E-state index is -0.125. The Bertz CT molecular complexity index is 7380. The van der Waals surface area contributed by atoms with E-state index < -0.39 is 0 Å². The number of anilines is 6. The molecule has 2 aliphatic carbocycles. The Labute approximate surface area is 719 Å². The Morgan fingerprint density at radius 1 is 0.242 bits per heavy atom. The Kier molecular flexibility index (Phi) is 17.4. The molecule has 0 bridgehead atoms. The highest BCUT2D eigenvalue weighted by atomic mass is 15.2. The predicted molar refractivity (Wildman–Crippen MR) is 513 cm³/mol. The van der Waals surface area contributed by atoms with Crippen LogP contribution in [-0.2, 0) is 10.8 Å². The van der Waals surface area contributed by atoms with Crippen molar-refractivity contribution in [2.24, 2.45) is 0 Å². The molecule has 0 radical (unpaired) electrons. The summed E-state index contributed by atoms with van der Waals surface area (Å²) >= 11 is 0. The van der Waals surface area contributed by atoms with E-state index in [4.69, 9.17) is 0 Å². The van der Waals surface area contributed by atoms with Gasteiger partial charge in [0.15, 0.2) is 5.82 Å². The zero-order valence-electron chi connectivity index (χ0n) is 68.9. The summed E-state index contributed by atoms with van der Waals surface area (Å²) < 4.78 is 9.38. The van der Waals surface area contributed by atoms with E-state index in [9.17, 15) is 0 Å². The number of fused-ring (bicyclic) bond motifs is 14. The zero-order valence-corrected chi connectivity index (χ0v) is 68.9. The highest BCUT2D eigenvalue weighted by Crippen LogP contribution is 2.54. The van der Waals surface area contributed by atoms with Crippen LogP contribution in [0.25, 0.3) is 155 Å². The van der Waals surface area contributed by atoms with Gasteiger partial charge in [-0.1, -0.05) is 216 Å². The van der Waals surface area contributed by atoms with Gasteiger partial charge < -0.3 is 28.1 Å². The fraction of sp³-hybridized carbons (Fsp3) is 0.0526. The average Bonchev–Trinajstić information content (AvgIpc) is 1.58. The third-order valence-corrected chi connectivity index (χ3v) is 25.8. The molecule has 6 heterocycles. The van der Waals surface area contributed by atoms with Crippen LogP contribution in [0.5, 0.6) is 0 Å². The molecule has 6 aromatic heterocycles. The molecule has 2 aliphatic rings. The van der Waals surface area contributed by atoms with Gasteiger partial charge in [0.2, 0.25) is 0 Å². The molecule has 0 amide bonds. The van der Waals surface area contributed by atoms with Gasteiger partial charge in [0.05, 0.1) is 38.8 Å². The van der Waals surface area contributed by atoms with Crippen LogP contribution >= 0.6 is 0 Å². The summed E-state index contributed by atoms with van der Waals surface area (Å²) in [6.07, 6.45) is 9.29. The number of benzene rings is 16. The first-order valence-electron chi connectivity index (χ1n) is 42.4. The molecule has 124 heavy (non-hydrogen) atoms. The molecule has 24 rings (SSSR count). The van der Waals surface area contributed by atoms with Crippen molar-refractivity contribution in [1.82, 2.24) is 38.2 Å². The largest absolute Gasteiger partial charge is 0.316 e. The van der Waals surface area contributed by atoms with Crippen molar-refractivity contribution in [3.05, 3.63) is 448 Å². The van der Waals surface area contributed by atoms with Crippen LogP contribution < -0.4 is 9.80 Å². The number of hydrogen-bond donors (Lipinski definition) is 0. The van der Waals surface area contributed by atoms with Crippen molar-refractivity contribution in [1.29, 1.82) is 0 Å². The lowest BCUT2D eigenvalue weighted by molar-refractivity contribution is 0.660. The molecule has 0 spiro atoms. The Morgan fingerprint density at radius 3 is 1.02 bits per heavy atom. The molecule has 0 aliphatic heterocycles. The van der Waals surface area contributed by atoms with Crippen molar-refractivity contribution in [3.8, 4) is 89.9 Å². The van der Waals surface area contributed by atoms with Gasteiger partial charge in [0, 0.05) is 130 Å². The first kappa shape index (κ1) is 73.1. The van der Waals surface area contributed by atoms with E-state index in [0.717, 1.165) is 79.3 Å². The molecule has 0 saturated heterocycles. The highest BCUT2D eigenvalue weighted by molar-refractivity contribution is 6.16.